The highest BCUT2D eigenvalue weighted by atomic mass is 32.1. The van der Waals surface area contributed by atoms with Gasteiger partial charge in [0.15, 0.2) is 5.82 Å². The summed E-state index contributed by atoms with van der Waals surface area (Å²) >= 11 is 1.44. The number of carbonyl (C=O) groups excluding carboxylic acids is 1. The Bertz CT molecular complexity index is 571. The van der Waals surface area contributed by atoms with Gasteiger partial charge in [-0.1, -0.05) is 5.16 Å². The molecule has 1 amide bonds. The van der Waals surface area contributed by atoms with Crippen molar-refractivity contribution < 1.29 is 9.32 Å². The van der Waals surface area contributed by atoms with Crippen molar-refractivity contribution in [3.8, 4) is 0 Å². The third-order valence-corrected chi connectivity index (χ3v) is 3.90. The van der Waals surface area contributed by atoms with Gasteiger partial charge in [0.1, 0.15) is 0 Å². The predicted molar refractivity (Wildman–Crippen MR) is 66.5 cm³/mol. The van der Waals surface area contributed by atoms with Crippen molar-refractivity contribution in [1.82, 2.24) is 15.5 Å². The van der Waals surface area contributed by atoms with Gasteiger partial charge in [-0.05, 0) is 36.8 Å². The van der Waals surface area contributed by atoms with Crippen LogP contribution in [0, 0.1) is 6.92 Å². The summed E-state index contributed by atoms with van der Waals surface area (Å²) in [6, 6.07) is 1.93. The van der Waals surface area contributed by atoms with Crippen molar-refractivity contribution in [2.45, 2.75) is 32.2 Å². The maximum Gasteiger partial charge on any atom is 0.261 e. The average molecular weight is 263 g/mol. The van der Waals surface area contributed by atoms with E-state index in [1.54, 1.807) is 0 Å². The second-order valence-electron chi connectivity index (χ2n) is 4.44. The minimum Gasteiger partial charge on any atom is -0.344 e. The zero-order valence-electron chi connectivity index (χ0n) is 9.97. The molecule has 6 heteroatoms. The molecule has 0 unspecified atom stereocenters. The molecule has 2 aromatic heterocycles. The van der Waals surface area contributed by atoms with Gasteiger partial charge in [0.05, 0.1) is 11.4 Å². The molecule has 0 bridgehead atoms. The number of nitrogens with zero attached hydrogens (tertiary/aromatic N) is 2. The van der Waals surface area contributed by atoms with Crippen molar-refractivity contribution in [2.24, 2.45) is 0 Å². The summed E-state index contributed by atoms with van der Waals surface area (Å²) in [5.41, 5.74) is 0.990. The highest BCUT2D eigenvalue weighted by Crippen LogP contribution is 2.38. The van der Waals surface area contributed by atoms with Crippen molar-refractivity contribution in [3.63, 3.8) is 0 Å². The molecule has 1 N–H and O–H groups in total. The first kappa shape index (κ1) is 11.4. The quantitative estimate of drug-likeness (QED) is 0.918. The Morgan fingerprint density at radius 2 is 2.44 bits per heavy atom. The second-order valence-corrected chi connectivity index (χ2v) is 5.35. The van der Waals surface area contributed by atoms with Crippen LogP contribution in [0.1, 0.15) is 45.7 Å². The first-order chi connectivity index (χ1) is 8.74. The Morgan fingerprint density at radius 3 is 3.11 bits per heavy atom. The number of aromatic nitrogens is 2. The Labute approximate surface area is 108 Å². The summed E-state index contributed by atoms with van der Waals surface area (Å²) in [6.45, 7) is 2.23. The minimum atomic E-state index is -0.0831. The largest absolute Gasteiger partial charge is 0.344 e. The number of nitrogens with one attached hydrogen (secondary N) is 1. The average Bonchev–Trinajstić information content (AvgIpc) is 2.95. The number of carbonyl (C=O) groups is 1. The zero-order valence-corrected chi connectivity index (χ0v) is 10.8. The van der Waals surface area contributed by atoms with Gasteiger partial charge < -0.3 is 9.84 Å². The number of hydrogen-bond acceptors (Lipinski definition) is 5. The summed E-state index contributed by atoms with van der Waals surface area (Å²) in [6.07, 6.45) is 2.25. The minimum absolute atomic E-state index is 0.0831. The van der Waals surface area contributed by atoms with Crippen molar-refractivity contribution >= 4 is 17.2 Å². The normalized spacial score (nSPS) is 14.7. The fraction of sp³-hybridized carbons (Fsp3) is 0.417. The van der Waals surface area contributed by atoms with Crippen molar-refractivity contribution in [2.75, 3.05) is 0 Å². The maximum absolute atomic E-state index is 11.9. The second kappa shape index (κ2) is 4.53. The van der Waals surface area contributed by atoms with E-state index < -0.39 is 0 Å². The van der Waals surface area contributed by atoms with Crippen LogP contribution < -0.4 is 5.32 Å². The summed E-state index contributed by atoms with van der Waals surface area (Å²) < 4.78 is 5.13. The number of aryl methyl sites for hydroxylation is 1. The molecule has 0 aromatic carbocycles. The van der Waals surface area contributed by atoms with Crippen molar-refractivity contribution in [1.29, 1.82) is 0 Å². The van der Waals surface area contributed by atoms with E-state index in [1.807, 2.05) is 18.4 Å². The summed E-state index contributed by atoms with van der Waals surface area (Å²) in [5, 5.41) is 8.56. The smallest absolute Gasteiger partial charge is 0.261 e. The van der Waals surface area contributed by atoms with E-state index >= 15 is 0 Å². The first-order valence-electron chi connectivity index (χ1n) is 5.89. The highest BCUT2D eigenvalue weighted by Gasteiger charge is 2.29. The lowest BCUT2D eigenvalue weighted by Gasteiger charge is -2.00. The number of amides is 1. The Kier molecular flexibility index (Phi) is 2.87. The van der Waals surface area contributed by atoms with Gasteiger partial charge in [-0.2, -0.15) is 4.98 Å². The lowest BCUT2D eigenvalue weighted by atomic mass is 10.3. The molecule has 5 nitrogen and oxygen atoms in total. The molecule has 0 aliphatic heterocycles. The molecule has 0 radical (unpaired) electrons. The van der Waals surface area contributed by atoms with Crippen LogP contribution >= 0.6 is 11.3 Å². The monoisotopic (exact) mass is 263 g/mol. The molecule has 1 aliphatic carbocycles. The lowest BCUT2D eigenvalue weighted by Crippen LogP contribution is -2.23. The van der Waals surface area contributed by atoms with Crippen LogP contribution in [0.5, 0.6) is 0 Å². The van der Waals surface area contributed by atoms with Gasteiger partial charge in [0.2, 0.25) is 5.89 Å². The first-order valence-corrected chi connectivity index (χ1v) is 6.77. The molecule has 0 spiro atoms. The van der Waals surface area contributed by atoms with E-state index in [2.05, 4.69) is 15.5 Å². The van der Waals surface area contributed by atoms with Crippen LogP contribution in [0.15, 0.2) is 16.0 Å². The molecular formula is C12H13N3O2S. The Morgan fingerprint density at radius 1 is 1.61 bits per heavy atom. The molecule has 94 valence electrons. The molecule has 18 heavy (non-hydrogen) atoms. The van der Waals surface area contributed by atoms with Gasteiger partial charge in [-0.15, -0.1) is 11.3 Å². The fourth-order valence-corrected chi connectivity index (χ4v) is 2.52. The van der Waals surface area contributed by atoms with Crippen LogP contribution in [0.3, 0.4) is 0 Å². The molecule has 1 fully saturated rings. The van der Waals surface area contributed by atoms with Crippen LogP contribution in [0.25, 0.3) is 0 Å². The van der Waals surface area contributed by atoms with Gasteiger partial charge in [-0.25, -0.2) is 0 Å². The summed E-state index contributed by atoms with van der Waals surface area (Å²) in [4.78, 5) is 16.9. The van der Waals surface area contributed by atoms with Crippen LogP contribution in [-0.4, -0.2) is 16.0 Å². The molecule has 1 saturated carbocycles. The zero-order chi connectivity index (χ0) is 12.5. The maximum atomic E-state index is 11.9. The molecule has 0 atom stereocenters. The molecule has 2 heterocycles. The third-order valence-electron chi connectivity index (χ3n) is 2.89. The highest BCUT2D eigenvalue weighted by molar-refractivity contribution is 7.12. The van der Waals surface area contributed by atoms with Gasteiger partial charge >= 0.3 is 0 Å². The summed E-state index contributed by atoms with van der Waals surface area (Å²) in [5.74, 6) is 1.60. The topological polar surface area (TPSA) is 68.0 Å². The van der Waals surface area contributed by atoms with Gasteiger partial charge in [0, 0.05) is 5.92 Å². The molecule has 3 rings (SSSR count). The summed E-state index contributed by atoms with van der Waals surface area (Å²) in [7, 11) is 0. The molecule has 0 saturated heterocycles. The Hall–Kier alpha value is -1.69. The number of hydrogen-bond donors (Lipinski definition) is 1. The number of thiophene rings is 1. The van der Waals surface area contributed by atoms with E-state index in [0.717, 1.165) is 23.3 Å². The third kappa shape index (κ3) is 2.28. The van der Waals surface area contributed by atoms with Gasteiger partial charge in [0.25, 0.3) is 5.91 Å². The van der Waals surface area contributed by atoms with Crippen LogP contribution in [0.4, 0.5) is 0 Å². The van der Waals surface area contributed by atoms with E-state index in [0.29, 0.717) is 24.2 Å². The Balaban J connectivity index is 1.60. The van der Waals surface area contributed by atoms with Crippen LogP contribution in [0.2, 0.25) is 0 Å². The molecule has 2 aromatic rings. The van der Waals surface area contributed by atoms with Crippen LogP contribution in [-0.2, 0) is 6.54 Å². The number of rotatable bonds is 4. The molecular weight excluding hydrogens is 250 g/mol. The van der Waals surface area contributed by atoms with E-state index in [9.17, 15) is 4.79 Å². The fourth-order valence-electron chi connectivity index (χ4n) is 1.68. The standard InChI is InChI=1S/C12H13N3O2S/c1-7-4-5-18-10(7)11(16)13-6-9-14-12(17-15-9)8-2-3-8/h4-5,8H,2-3,6H2,1H3,(H,13,16). The van der Waals surface area contributed by atoms with Crippen molar-refractivity contribution in [3.05, 3.63) is 33.6 Å². The van der Waals surface area contributed by atoms with Gasteiger partial charge in [-0.3, -0.25) is 4.79 Å². The molecule has 1 aliphatic rings. The van der Waals surface area contributed by atoms with E-state index in [1.165, 1.54) is 11.3 Å². The predicted octanol–water partition coefficient (Wildman–Crippen LogP) is 2.25. The van der Waals surface area contributed by atoms with E-state index in [-0.39, 0.29) is 5.91 Å². The SMILES string of the molecule is Cc1ccsc1C(=O)NCc1noc(C2CC2)n1. The van der Waals surface area contributed by atoms with E-state index in [4.69, 9.17) is 4.52 Å². The lowest BCUT2D eigenvalue weighted by molar-refractivity contribution is 0.0953.